The minimum absolute atomic E-state index is 0.0544. The first-order valence-electron chi connectivity index (χ1n) is 10.8. The van der Waals surface area contributed by atoms with E-state index in [-0.39, 0.29) is 30.8 Å². The average molecular weight is 471 g/mol. The molecule has 0 spiro atoms. The highest BCUT2D eigenvalue weighted by atomic mass is 32.1. The molecular formula is C23H26N4O5S. The van der Waals surface area contributed by atoms with E-state index in [9.17, 15) is 19.2 Å². The first kappa shape index (κ1) is 22.8. The number of nitrogens with one attached hydrogen (secondary N) is 2. The number of nitrogens with zero attached hydrogens (tertiary/aromatic N) is 2. The molecule has 2 aliphatic rings. The Labute approximate surface area is 195 Å². The van der Waals surface area contributed by atoms with Crippen LogP contribution in [0.1, 0.15) is 32.9 Å². The van der Waals surface area contributed by atoms with E-state index < -0.39 is 18.0 Å². The Bertz CT molecular complexity index is 1020. The van der Waals surface area contributed by atoms with Crippen LogP contribution in [-0.4, -0.2) is 78.8 Å². The third-order valence-corrected chi connectivity index (χ3v) is 6.76. The van der Waals surface area contributed by atoms with Gasteiger partial charge < -0.3 is 25.2 Å². The molecule has 0 aliphatic carbocycles. The minimum atomic E-state index is -0.910. The van der Waals surface area contributed by atoms with Gasteiger partial charge in [-0.15, -0.1) is 11.3 Å². The number of rotatable bonds is 5. The van der Waals surface area contributed by atoms with Crippen molar-refractivity contribution < 1.29 is 23.9 Å². The molecule has 2 atom stereocenters. The molecule has 9 nitrogen and oxygen atoms in total. The fourth-order valence-electron chi connectivity index (χ4n) is 4.07. The van der Waals surface area contributed by atoms with Crippen molar-refractivity contribution in [1.82, 2.24) is 20.4 Å². The van der Waals surface area contributed by atoms with Gasteiger partial charge in [0.2, 0.25) is 11.8 Å². The van der Waals surface area contributed by atoms with E-state index in [0.717, 1.165) is 6.42 Å². The Kier molecular flexibility index (Phi) is 6.93. The molecule has 2 unspecified atom stereocenters. The van der Waals surface area contributed by atoms with Crippen molar-refractivity contribution in [3.63, 3.8) is 0 Å². The number of amides is 4. The SMILES string of the molecule is COc1ccc(C(=O)N2CCN(C(=O)c3cccs3)CC2C(=O)NC2CCCNC2=O)cc1. The van der Waals surface area contributed by atoms with Gasteiger partial charge in [-0.1, -0.05) is 6.07 Å². The molecule has 4 amide bonds. The summed E-state index contributed by atoms with van der Waals surface area (Å²) in [6.07, 6.45) is 1.30. The summed E-state index contributed by atoms with van der Waals surface area (Å²) >= 11 is 1.33. The van der Waals surface area contributed by atoms with Crippen LogP contribution in [0, 0.1) is 0 Å². The highest BCUT2D eigenvalue weighted by Crippen LogP contribution is 2.20. The van der Waals surface area contributed by atoms with E-state index >= 15 is 0 Å². The largest absolute Gasteiger partial charge is 0.497 e. The predicted octanol–water partition coefficient (Wildman–Crippen LogP) is 1.12. The number of thiophene rings is 1. The van der Waals surface area contributed by atoms with Gasteiger partial charge in [0.1, 0.15) is 17.8 Å². The molecule has 2 N–H and O–H groups in total. The van der Waals surface area contributed by atoms with Gasteiger partial charge in [0.15, 0.2) is 0 Å². The van der Waals surface area contributed by atoms with E-state index in [4.69, 9.17) is 4.74 Å². The lowest BCUT2D eigenvalue weighted by Crippen LogP contribution is -2.63. The van der Waals surface area contributed by atoms with Crippen molar-refractivity contribution in [3.8, 4) is 5.75 Å². The zero-order valence-electron chi connectivity index (χ0n) is 18.3. The maximum Gasteiger partial charge on any atom is 0.264 e. The zero-order valence-corrected chi connectivity index (χ0v) is 19.1. The lowest BCUT2D eigenvalue weighted by Gasteiger charge is -2.41. The minimum Gasteiger partial charge on any atom is -0.497 e. The number of hydrogen-bond acceptors (Lipinski definition) is 6. The van der Waals surface area contributed by atoms with Crippen LogP contribution < -0.4 is 15.4 Å². The van der Waals surface area contributed by atoms with Crippen LogP contribution in [-0.2, 0) is 9.59 Å². The molecule has 2 saturated heterocycles. The van der Waals surface area contributed by atoms with Crippen molar-refractivity contribution in [2.24, 2.45) is 0 Å². The molecular weight excluding hydrogens is 444 g/mol. The Hall–Kier alpha value is -3.40. The molecule has 3 heterocycles. The molecule has 2 aromatic rings. The van der Waals surface area contributed by atoms with E-state index in [1.54, 1.807) is 48.4 Å². The van der Waals surface area contributed by atoms with Crippen LogP contribution in [0.4, 0.5) is 0 Å². The van der Waals surface area contributed by atoms with Crippen molar-refractivity contribution in [1.29, 1.82) is 0 Å². The molecule has 2 fully saturated rings. The first-order valence-corrected chi connectivity index (χ1v) is 11.7. The smallest absolute Gasteiger partial charge is 0.264 e. The van der Waals surface area contributed by atoms with Crippen molar-refractivity contribution in [3.05, 3.63) is 52.2 Å². The molecule has 0 bridgehead atoms. The van der Waals surface area contributed by atoms with Crippen molar-refractivity contribution in [2.75, 3.05) is 33.3 Å². The zero-order chi connectivity index (χ0) is 23.4. The number of carbonyl (C=O) groups excluding carboxylic acids is 4. The van der Waals surface area contributed by atoms with E-state index in [0.29, 0.717) is 35.7 Å². The summed E-state index contributed by atoms with van der Waals surface area (Å²) in [4.78, 5) is 55.3. The second kappa shape index (κ2) is 10.0. The van der Waals surface area contributed by atoms with Gasteiger partial charge in [0.25, 0.3) is 11.8 Å². The number of methoxy groups -OCH3 is 1. The summed E-state index contributed by atoms with van der Waals surface area (Å²) < 4.78 is 5.15. The first-order chi connectivity index (χ1) is 16.0. The van der Waals surface area contributed by atoms with E-state index in [1.807, 2.05) is 5.38 Å². The van der Waals surface area contributed by atoms with E-state index in [1.165, 1.54) is 16.2 Å². The normalized spacial score (nSPS) is 20.7. The third kappa shape index (κ3) is 5.00. The number of piperazine rings is 1. The number of piperidine rings is 1. The fourth-order valence-corrected chi connectivity index (χ4v) is 4.76. The van der Waals surface area contributed by atoms with Crippen molar-refractivity contribution >= 4 is 35.0 Å². The molecule has 33 heavy (non-hydrogen) atoms. The van der Waals surface area contributed by atoms with Gasteiger partial charge in [-0.05, 0) is 48.6 Å². The summed E-state index contributed by atoms with van der Waals surface area (Å²) in [5.74, 6) is -0.535. The Morgan fingerprint density at radius 2 is 1.91 bits per heavy atom. The third-order valence-electron chi connectivity index (χ3n) is 5.90. The van der Waals surface area contributed by atoms with Gasteiger partial charge in [-0.2, -0.15) is 0 Å². The Balaban J connectivity index is 1.55. The highest BCUT2D eigenvalue weighted by Gasteiger charge is 2.39. The predicted molar refractivity (Wildman–Crippen MR) is 122 cm³/mol. The molecule has 0 radical (unpaired) electrons. The van der Waals surface area contributed by atoms with Crippen LogP contribution in [0.15, 0.2) is 41.8 Å². The summed E-state index contributed by atoms with van der Waals surface area (Å²) in [6.45, 7) is 1.15. The standard InChI is InChI=1S/C23H26N4O5S/c1-32-16-8-6-15(7-9-16)22(30)27-12-11-26(23(31)19-5-3-13-33-19)14-18(27)21(29)25-17-4-2-10-24-20(17)28/h3,5-9,13,17-18H,2,4,10-12,14H2,1H3,(H,24,28)(H,25,29). The number of benzene rings is 1. The van der Waals surface area contributed by atoms with Gasteiger partial charge >= 0.3 is 0 Å². The molecule has 2 aliphatic heterocycles. The molecule has 10 heteroatoms. The molecule has 4 rings (SSSR count). The van der Waals surface area contributed by atoms with Gasteiger partial charge in [-0.3, -0.25) is 19.2 Å². The van der Waals surface area contributed by atoms with Crippen LogP contribution in [0.25, 0.3) is 0 Å². The van der Waals surface area contributed by atoms with Crippen molar-refractivity contribution in [2.45, 2.75) is 24.9 Å². The van der Waals surface area contributed by atoms with Crippen LogP contribution in [0.5, 0.6) is 5.75 Å². The average Bonchev–Trinajstić information content (AvgIpc) is 3.39. The monoisotopic (exact) mass is 470 g/mol. The molecule has 0 saturated carbocycles. The van der Waals surface area contributed by atoms with E-state index in [2.05, 4.69) is 10.6 Å². The van der Waals surface area contributed by atoms with Gasteiger partial charge in [0.05, 0.1) is 18.5 Å². The van der Waals surface area contributed by atoms with Crippen LogP contribution >= 0.6 is 11.3 Å². The summed E-state index contributed by atoms with van der Waals surface area (Å²) in [5, 5.41) is 7.36. The second-order valence-corrected chi connectivity index (χ2v) is 8.91. The summed E-state index contributed by atoms with van der Waals surface area (Å²) in [7, 11) is 1.54. The second-order valence-electron chi connectivity index (χ2n) is 7.97. The molecule has 1 aromatic carbocycles. The van der Waals surface area contributed by atoms with Crippen LogP contribution in [0.3, 0.4) is 0 Å². The lowest BCUT2D eigenvalue weighted by molar-refractivity contribution is -0.133. The Morgan fingerprint density at radius 3 is 2.58 bits per heavy atom. The molecule has 1 aromatic heterocycles. The molecule has 174 valence electrons. The van der Waals surface area contributed by atoms with Gasteiger partial charge in [0, 0.05) is 25.2 Å². The maximum atomic E-state index is 13.3. The highest BCUT2D eigenvalue weighted by molar-refractivity contribution is 7.12. The maximum absolute atomic E-state index is 13.3. The number of hydrogen-bond donors (Lipinski definition) is 2. The lowest BCUT2D eigenvalue weighted by atomic mass is 10.0. The Morgan fingerprint density at radius 1 is 1.12 bits per heavy atom. The summed E-state index contributed by atoms with van der Waals surface area (Å²) in [5.41, 5.74) is 0.419. The topological polar surface area (TPSA) is 108 Å². The quantitative estimate of drug-likeness (QED) is 0.681. The summed E-state index contributed by atoms with van der Waals surface area (Å²) in [6, 6.07) is 8.65. The van der Waals surface area contributed by atoms with Crippen LogP contribution in [0.2, 0.25) is 0 Å². The van der Waals surface area contributed by atoms with Gasteiger partial charge in [-0.25, -0.2) is 0 Å². The number of ether oxygens (including phenoxy) is 1. The number of carbonyl (C=O) groups is 4. The fraction of sp³-hybridized carbons (Fsp3) is 0.391.